The number of benzene rings is 1. The zero-order chi connectivity index (χ0) is 12.8. The maximum atomic E-state index is 6.08. The fourth-order valence-electron chi connectivity index (χ4n) is 3.17. The van der Waals surface area contributed by atoms with Crippen LogP contribution in [-0.2, 0) is 6.42 Å². The Hall–Kier alpha value is -1.22. The van der Waals surface area contributed by atoms with E-state index in [1.54, 1.807) is 0 Å². The molecule has 2 saturated carbocycles. The number of fused-ring (bicyclic) bond motifs is 1. The monoisotopic (exact) mass is 259 g/mol. The van der Waals surface area contributed by atoms with Crippen LogP contribution >= 0.6 is 0 Å². The quantitative estimate of drug-likeness (QED) is 0.883. The molecule has 0 amide bonds. The summed E-state index contributed by atoms with van der Waals surface area (Å²) in [5, 5.41) is 0. The molecule has 102 valence electrons. The molecule has 0 saturated heterocycles. The zero-order valence-corrected chi connectivity index (χ0v) is 11.2. The first kappa shape index (κ1) is 11.6. The molecule has 3 nitrogen and oxygen atoms in total. The van der Waals surface area contributed by atoms with Crippen LogP contribution in [0.2, 0.25) is 0 Å². The maximum Gasteiger partial charge on any atom is 0.123 e. The number of rotatable bonds is 5. The van der Waals surface area contributed by atoms with E-state index in [1.807, 2.05) is 0 Å². The molecule has 2 fully saturated rings. The highest BCUT2D eigenvalue weighted by Gasteiger charge is 2.41. The van der Waals surface area contributed by atoms with Gasteiger partial charge in [0.1, 0.15) is 11.5 Å². The highest BCUT2D eigenvalue weighted by molar-refractivity contribution is 5.54. The van der Waals surface area contributed by atoms with E-state index in [9.17, 15) is 0 Å². The third-order valence-corrected chi connectivity index (χ3v) is 4.65. The molecule has 0 bridgehead atoms. The van der Waals surface area contributed by atoms with Gasteiger partial charge >= 0.3 is 0 Å². The van der Waals surface area contributed by atoms with Crippen molar-refractivity contribution in [3.8, 4) is 11.5 Å². The van der Waals surface area contributed by atoms with Crippen molar-refractivity contribution in [2.45, 2.75) is 31.6 Å². The smallest absolute Gasteiger partial charge is 0.123 e. The van der Waals surface area contributed by atoms with Crippen LogP contribution < -0.4 is 15.2 Å². The maximum absolute atomic E-state index is 6.08. The summed E-state index contributed by atoms with van der Waals surface area (Å²) in [4.78, 5) is 0. The Kier molecular flexibility index (Phi) is 2.69. The Morgan fingerprint density at radius 1 is 1.32 bits per heavy atom. The average Bonchev–Trinajstić information content (AvgIpc) is 3.33. The van der Waals surface area contributed by atoms with Crippen molar-refractivity contribution in [2.24, 2.45) is 17.6 Å². The molecular formula is C16H21NO2. The predicted octanol–water partition coefficient (Wildman–Crippen LogP) is 2.47. The largest absolute Gasteiger partial charge is 0.493 e. The van der Waals surface area contributed by atoms with E-state index < -0.39 is 0 Å². The minimum Gasteiger partial charge on any atom is -0.493 e. The summed E-state index contributed by atoms with van der Waals surface area (Å²) in [5.74, 6) is 4.21. The number of hydrogen-bond donors (Lipinski definition) is 1. The normalized spacial score (nSPS) is 27.8. The number of hydrogen-bond acceptors (Lipinski definition) is 3. The van der Waals surface area contributed by atoms with Crippen LogP contribution in [0, 0.1) is 11.8 Å². The van der Waals surface area contributed by atoms with Crippen molar-refractivity contribution in [2.75, 3.05) is 19.8 Å². The molecule has 1 aromatic carbocycles. The van der Waals surface area contributed by atoms with Gasteiger partial charge in [-0.2, -0.15) is 0 Å². The first-order valence-electron chi connectivity index (χ1n) is 7.48. The third kappa shape index (κ3) is 2.10. The lowest BCUT2D eigenvalue weighted by molar-refractivity contribution is 0.296. The molecule has 19 heavy (non-hydrogen) atoms. The van der Waals surface area contributed by atoms with Crippen LogP contribution in [0.4, 0.5) is 0 Å². The summed E-state index contributed by atoms with van der Waals surface area (Å²) in [5.41, 5.74) is 8.61. The molecule has 4 rings (SSSR count). The van der Waals surface area contributed by atoms with Crippen LogP contribution in [-0.4, -0.2) is 19.8 Å². The number of ether oxygens (including phenoxy) is 2. The van der Waals surface area contributed by atoms with Crippen molar-refractivity contribution in [3.63, 3.8) is 0 Å². The lowest BCUT2D eigenvalue weighted by Crippen LogP contribution is -2.06. The highest BCUT2D eigenvalue weighted by atomic mass is 16.5. The number of nitrogens with two attached hydrogens (primary N) is 1. The second-order valence-electron chi connectivity index (χ2n) is 6.14. The predicted molar refractivity (Wildman–Crippen MR) is 73.8 cm³/mol. The van der Waals surface area contributed by atoms with Crippen LogP contribution in [0.25, 0.3) is 0 Å². The Labute approximate surface area is 114 Å². The second-order valence-corrected chi connectivity index (χ2v) is 6.14. The van der Waals surface area contributed by atoms with E-state index >= 15 is 0 Å². The SMILES string of the molecule is NC[C@@H]1C[C@H]1c1c(OCC2CC2)ccc2c1CCO2. The molecule has 0 aromatic heterocycles. The molecule has 1 aromatic rings. The van der Waals surface area contributed by atoms with Gasteiger partial charge in [-0.1, -0.05) is 0 Å². The summed E-state index contributed by atoms with van der Waals surface area (Å²) in [6, 6.07) is 4.18. The van der Waals surface area contributed by atoms with E-state index in [4.69, 9.17) is 15.2 Å². The highest BCUT2D eigenvalue weighted by Crippen LogP contribution is 2.53. The molecule has 0 spiro atoms. The Bertz CT molecular complexity index is 496. The fraction of sp³-hybridized carbons (Fsp3) is 0.625. The Morgan fingerprint density at radius 3 is 2.95 bits per heavy atom. The summed E-state index contributed by atoms with van der Waals surface area (Å²) in [6.07, 6.45) is 4.91. The average molecular weight is 259 g/mol. The van der Waals surface area contributed by atoms with E-state index in [2.05, 4.69) is 12.1 Å². The molecule has 1 heterocycles. The Morgan fingerprint density at radius 2 is 2.21 bits per heavy atom. The molecule has 0 unspecified atom stereocenters. The molecule has 2 aliphatic carbocycles. The molecule has 3 heteroatoms. The van der Waals surface area contributed by atoms with Gasteiger partial charge in [0.2, 0.25) is 0 Å². The summed E-state index contributed by atoms with van der Waals surface area (Å²) >= 11 is 0. The molecule has 0 radical (unpaired) electrons. The van der Waals surface area contributed by atoms with E-state index in [0.717, 1.165) is 43.6 Å². The lowest BCUT2D eigenvalue weighted by Gasteiger charge is -2.14. The van der Waals surface area contributed by atoms with Gasteiger partial charge in [-0.25, -0.2) is 0 Å². The minimum absolute atomic E-state index is 0.607. The third-order valence-electron chi connectivity index (χ3n) is 4.65. The van der Waals surface area contributed by atoms with E-state index in [0.29, 0.717) is 11.8 Å². The van der Waals surface area contributed by atoms with Crippen LogP contribution in [0.1, 0.15) is 36.3 Å². The summed E-state index contributed by atoms with van der Waals surface area (Å²) < 4.78 is 11.8. The zero-order valence-electron chi connectivity index (χ0n) is 11.2. The van der Waals surface area contributed by atoms with Gasteiger partial charge in [-0.15, -0.1) is 0 Å². The summed E-state index contributed by atoms with van der Waals surface area (Å²) in [7, 11) is 0. The summed E-state index contributed by atoms with van der Waals surface area (Å²) in [6.45, 7) is 2.48. The van der Waals surface area contributed by atoms with E-state index in [1.165, 1.54) is 30.4 Å². The van der Waals surface area contributed by atoms with Crippen LogP contribution in [0.5, 0.6) is 11.5 Å². The van der Waals surface area contributed by atoms with Crippen molar-refractivity contribution in [3.05, 3.63) is 23.3 Å². The van der Waals surface area contributed by atoms with Crippen molar-refractivity contribution < 1.29 is 9.47 Å². The molecule has 3 aliphatic rings. The lowest BCUT2D eigenvalue weighted by atomic mass is 9.98. The van der Waals surface area contributed by atoms with Gasteiger partial charge < -0.3 is 15.2 Å². The van der Waals surface area contributed by atoms with Gasteiger partial charge in [0.25, 0.3) is 0 Å². The Balaban J connectivity index is 1.64. The molecule has 2 N–H and O–H groups in total. The van der Waals surface area contributed by atoms with Crippen molar-refractivity contribution in [1.29, 1.82) is 0 Å². The van der Waals surface area contributed by atoms with Gasteiger partial charge in [0.15, 0.2) is 0 Å². The molecule has 1 aliphatic heterocycles. The standard InChI is InChI=1S/C16H21NO2/c17-8-11-7-13(11)16-12-5-6-18-14(12)3-4-15(16)19-9-10-1-2-10/h3-4,10-11,13H,1-2,5-9,17H2/t11-,13+/m0/s1. The van der Waals surface area contributed by atoms with Crippen LogP contribution in [0.3, 0.4) is 0 Å². The van der Waals surface area contributed by atoms with Crippen molar-refractivity contribution in [1.82, 2.24) is 0 Å². The fourth-order valence-corrected chi connectivity index (χ4v) is 3.17. The van der Waals surface area contributed by atoms with Gasteiger partial charge in [-0.3, -0.25) is 0 Å². The first-order chi connectivity index (χ1) is 9.36. The van der Waals surface area contributed by atoms with Gasteiger partial charge in [0.05, 0.1) is 13.2 Å². The van der Waals surface area contributed by atoms with Crippen molar-refractivity contribution >= 4 is 0 Å². The first-order valence-corrected chi connectivity index (χ1v) is 7.48. The topological polar surface area (TPSA) is 44.5 Å². The second kappa shape index (κ2) is 4.41. The minimum atomic E-state index is 0.607. The van der Waals surface area contributed by atoms with Gasteiger partial charge in [0, 0.05) is 17.5 Å². The van der Waals surface area contributed by atoms with Gasteiger partial charge in [-0.05, 0) is 55.7 Å². The van der Waals surface area contributed by atoms with E-state index in [-0.39, 0.29) is 0 Å². The molecular weight excluding hydrogens is 238 g/mol. The van der Waals surface area contributed by atoms with Crippen LogP contribution in [0.15, 0.2) is 12.1 Å². The molecule has 2 atom stereocenters.